The maximum absolute atomic E-state index is 12.2. The predicted molar refractivity (Wildman–Crippen MR) is 70.3 cm³/mol. The predicted octanol–water partition coefficient (Wildman–Crippen LogP) is 2.80. The quantitative estimate of drug-likeness (QED) is 0.733. The van der Waals surface area contributed by atoms with Gasteiger partial charge in [-0.3, -0.25) is 9.00 Å². The maximum Gasteiger partial charge on any atom is 0.321 e. The van der Waals surface area contributed by atoms with Crippen molar-refractivity contribution in [3.05, 3.63) is 0 Å². The van der Waals surface area contributed by atoms with Crippen LogP contribution >= 0.6 is 0 Å². The molecule has 1 rings (SSSR count). The van der Waals surface area contributed by atoms with Gasteiger partial charge >= 0.3 is 5.97 Å². The highest BCUT2D eigenvalue weighted by Crippen LogP contribution is 2.24. The van der Waals surface area contributed by atoms with E-state index in [2.05, 4.69) is 0 Å². The van der Waals surface area contributed by atoms with E-state index in [1.807, 2.05) is 20.8 Å². The van der Waals surface area contributed by atoms with E-state index in [0.29, 0.717) is 0 Å². The van der Waals surface area contributed by atoms with Gasteiger partial charge in [-0.25, -0.2) is 0 Å². The lowest BCUT2D eigenvalue weighted by Gasteiger charge is -2.26. The van der Waals surface area contributed by atoms with Gasteiger partial charge in [-0.15, -0.1) is 0 Å². The van der Waals surface area contributed by atoms with E-state index < -0.39 is 21.7 Å². The Morgan fingerprint density at radius 2 is 1.76 bits per heavy atom. The zero-order valence-electron chi connectivity index (χ0n) is 11.3. The van der Waals surface area contributed by atoms with Gasteiger partial charge < -0.3 is 4.74 Å². The van der Waals surface area contributed by atoms with Crippen LogP contribution in [0.15, 0.2) is 0 Å². The summed E-state index contributed by atoms with van der Waals surface area (Å²) < 4.78 is 17.5. The number of hydrogen-bond acceptors (Lipinski definition) is 3. The van der Waals surface area contributed by atoms with Gasteiger partial charge in [0, 0.05) is 16.0 Å². The molecule has 0 spiro atoms. The molecule has 1 aliphatic rings. The van der Waals surface area contributed by atoms with Gasteiger partial charge in [0.1, 0.15) is 10.9 Å². The van der Waals surface area contributed by atoms with Crippen molar-refractivity contribution in [1.82, 2.24) is 0 Å². The van der Waals surface area contributed by atoms with E-state index in [-0.39, 0.29) is 11.2 Å². The zero-order valence-corrected chi connectivity index (χ0v) is 12.1. The summed E-state index contributed by atoms with van der Waals surface area (Å²) in [5.74, 6) is -0.332. The first kappa shape index (κ1) is 14.7. The maximum atomic E-state index is 12.2. The third-order valence-electron chi connectivity index (χ3n) is 2.97. The molecule has 0 N–H and O–H groups in total. The molecule has 0 heterocycles. The van der Waals surface area contributed by atoms with E-state index in [9.17, 15) is 9.00 Å². The molecular weight excluding hydrogens is 236 g/mol. The number of ether oxygens (including phenoxy) is 1. The molecule has 0 bridgehead atoms. The van der Waals surface area contributed by atoms with Crippen LogP contribution in [-0.2, 0) is 20.3 Å². The molecule has 0 aromatic rings. The number of carbonyl (C=O) groups excluding carboxylic acids is 1. The average Bonchev–Trinajstić information content (AvgIpc) is 2.26. The second kappa shape index (κ2) is 5.98. The van der Waals surface area contributed by atoms with Crippen LogP contribution in [0.2, 0.25) is 0 Å². The van der Waals surface area contributed by atoms with Crippen LogP contribution in [0.4, 0.5) is 0 Å². The summed E-state index contributed by atoms with van der Waals surface area (Å²) in [7, 11) is -1.09. The molecule has 0 aromatic heterocycles. The zero-order chi connectivity index (χ0) is 13.1. The van der Waals surface area contributed by atoms with Crippen molar-refractivity contribution in [2.24, 2.45) is 0 Å². The Labute approximate surface area is 107 Å². The molecule has 17 heavy (non-hydrogen) atoms. The summed E-state index contributed by atoms with van der Waals surface area (Å²) in [4.78, 5) is 11.8. The Kier molecular flexibility index (Phi) is 5.17. The summed E-state index contributed by atoms with van der Waals surface area (Å²) in [6.07, 6.45) is 5.48. The summed E-state index contributed by atoms with van der Waals surface area (Å²) in [5, 5.41) is -0.316. The summed E-state index contributed by atoms with van der Waals surface area (Å²) in [5.41, 5.74) is -0.498. The molecular formula is C13H24O3S. The van der Waals surface area contributed by atoms with E-state index in [1.54, 1.807) is 6.92 Å². The van der Waals surface area contributed by atoms with Gasteiger partial charge in [0.05, 0.1) is 0 Å². The topological polar surface area (TPSA) is 43.4 Å². The van der Waals surface area contributed by atoms with Crippen LogP contribution in [0, 0.1) is 0 Å². The fourth-order valence-corrected chi connectivity index (χ4v) is 3.68. The van der Waals surface area contributed by atoms with Crippen molar-refractivity contribution in [2.45, 2.75) is 75.9 Å². The Morgan fingerprint density at radius 1 is 1.24 bits per heavy atom. The number of esters is 1. The SMILES string of the molecule is CC(C(=O)OC(C)(C)C)S(=O)C1CCCCC1. The summed E-state index contributed by atoms with van der Waals surface area (Å²) >= 11 is 0. The molecule has 0 amide bonds. The van der Waals surface area contributed by atoms with Crippen molar-refractivity contribution in [3.8, 4) is 0 Å². The fourth-order valence-electron chi connectivity index (χ4n) is 2.07. The smallest absolute Gasteiger partial charge is 0.321 e. The lowest BCUT2D eigenvalue weighted by atomic mass is 10.0. The Hall–Kier alpha value is -0.380. The van der Waals surface area contributed by atoms with Gasteiger partial charge in [-0.2, -0.15) is 0 Å². The lowest BCUT2D eigenvalue weighted by molar-refractivity contribution is -0.153. The Bertz CT molecular complexity index is 288. The lowest BCUT2D eigenvalue weighted by Crippen LogP contribution is -2.36. The Morgan fingerprint density at radius 3 is 2.24 bits per heavy atom. The summed E-state index contributed by atoms with van der Waals surface area (Å²) in [6, 6.07) is 0. The second-order valence-electron chi connectivity index (χ2n) is 5.76. The van der Waals surface area contributed by atoms with Crippen molar-refractivity contribution >= 4 is 16.8 Å². The van der Waals surface area contributed by atoms with Crippen LogP contribution in [0.5, 0.6) is 0 Å². The normalized spacial score (nSPS) is 21.9. The van der Waals surface area contributed by atoms with Crippen LogP contribution < -0.4 is 0 Å². The van der Waals surface area contributed by atoms with E-state index in [4.69, 9.17) is 4.74 Å². The highest BCUT2D eigenvalue weighted by atomic mass is 32.2. The molecule has 100 valence electrons. The van der Waals surface area contributed by atoms with Crippen LogP contribution in [0.25, 0.3) is 0 Å². The van der Waals surface area contributed by atoms with Gasteiger partial charge in [-0.1, -0.05) is 19.3 Å². The van der Waals surface area contributed by atoms with Crippen LogP contribution in [0.3, 0.4) is 0 Å². The number of rotatable bonds is 3. The molecule has 1 saturated carbocycles. The molecule has 0 aromatic carbocycles. The monoisotopic (exact) mass is 260 g/mol. The molecule has 3 nitrogen and oxygen atoms in total. The average molecular weight is 260 g/mol. The van der Waals surface area contributed by atoms with Crippen LogP contribution in [-0.4, -0.2) is 26.3 Å². The van der Waals surface area contributed by atoms with Gasteiger partial charge in [0.25, 0.3) is 0 Å². The third kappa shape index (κ3) is 4.78. The molecule has 0 aliphatic heterocycles. The first-order valence-electron chi connectivity index (χ1n) is 6.43. The van der Waals surface area contributed by atoms with Crippen molar-refractivity contribution < 1.29 is 13.7 Å². The van der Waals surface area contributed by atoms with E-state index >= 15 is 0 Å². The van der Waals surface area contributed by atoms with Crippen molar-refractivity contribution in [2.75, 3.05) is 0 Å². The Balaban J connectivity index is 2.53. The van der Waals surface area contributed by atoms with Gasteiger partial charge in [0.2, 0.25) is 0 Å². The van der Waals surface area contributed by atoms with Gasteiger partial charge in [0.15, 0.2) is 0 Å². The molecule has 4 heteroatoms. The molecule has 2 atom stereocenters. The van der Waals surface area contributed by atoms with E-state index in [1.165, 1.54) is 6.42 Å². The molecule has 0 radical (unpaired) electrons. The van der Waals surface area contributed by atoms with Crippen molar-refractivity contribution in [3.63, 3.8) is 0 Å². The summed E-state index contributed by atoms with van der Waals surface area (Å²) in [6.45, 7) is 7.22. The highest BCUT2D eigenvalue weighted by Gasteiger charge is 2.31. The minimum Gasteiger partial charge on any atom is -0.459 e. The first-order chi connectivity index (χ1) is 7.81. The second-order valence-corrected chi connectivity index (χ2v) is 7.80. The molecule has 2 unspecified atom stereocenters. The van der Waals surface area contributed by atoms with Crippen molar-refractivity contribution in [1.29, 1.82) is 0 Å². The molecule has 1 fully saturated rings. The van der Waals surface area contributed by atoms with Gasteiger partial charge in [-0.05, 0) is 40.5 Å². The first-order valence-corrected chi connectivity index (χ1v) is 7.71. The standard InChI is InChI=1S/C13H24O3S/c1-10(12(14)16-13(2,3)4)17(15)11-8-6-5-7-9-11/h10-11H,5-9H2,1-4H3. The number of carbonyl (C=O) groups is 1. The highest BCUT2D eigenvalue weighted by molar-refractivity contribution is 7.87. The molecule has 0 saturated heterocycles. The van der Waals surface area contributed by atoms with E-state index in [0.717, 1.165) is 25.7 Å². The van der Waals surface area contributed by atoms with Crippen LogP contribution in [0.1, 0.15) is 59.8 Å². The fraction of sp³-hybridized carbons (Fsp3) is 0.923. The minimum atomic E-state index is -1.09. The third-order valence-corrected chi connectivity index (χ3v) is 4.99. The largest absolute Gasteiger partial charge is 0.459 e. The molecule has 1 aliphatic carbocycles. The number of hydrogen-bond donors (Lipinski definition) is 0. The minimum absolute atomic E-state index is 0.186.